The molecule has 1 aromatic heterocycles. The summed E-state index contributed by atoms with van der Waals surface area (Å²) in [5.74, 6) is 8.02. The van der Waals surface area contributed by atoms with Crippen molar-refractivity contribution in [3.8, 4) is 0 Å². The molecule has 0 saturated heterocycles. The van der Waals surface area contributed by atoms with Gasteiger partial charge in [-0.2, -0.15) is 0 Å². The number of aryl methyl sites for hydroxylation is 1. The lowest BCUT2D eigenvalue weighted by atomic mass is 10.2. The van der Waals surface area contributed by atoms with E-state index in [1.807, 2.05) is 19.9 Å². The number of hydrogen-bond acceptors (Lipinski definition) is 5. The van der Waals surface area contributed by atoms with Crippen molar-refractivity contribution < 1.29 is 0 Å². The Morgan fingerprint density at radius 3 is 2.43 bits per heavy atom. The predicted molar refractivity (Wildman–Crippen MR) is 87.1 cm³/mol. The molecular weight excluding hydrogens is 262 g/mol. The van der Waals surface area contributed by atoms with Gasteiger partial charge in [-0.25, -0.2) is 15.8 Å². The first-order valence-corrected chi connectivity index (χ1v) is 7.32. The van der Waals surface area contributed by atoms with Gasteiger partial charge in [0.2, 0.25) is 0 Å². The van der Waals surface area contributed by atoms with Gasteiger partial charge in [-0.3, -0.25) is 0 Å². The monoisotopic (exact) mass is 285 g/mol. The highest BCUT2D eigenvalue weighted by Gasteiger charge is 2.15. The van der Waals surface area contributed by atoms with Crippen LogP contribution in [0.25, 0.3) is 0 Å². The number of hydrogen-bond donors (Lipinski definition) is 2. The van der Waals surface area contributed by atoms with Crippen LogP contribution in [0.5, 0.6) is 0 Å². The second-order valence-electron chi connectivity index (χ2n) is 4.93. The van der Waals surface area contributed by atoms with E-state index in [4.69, 9.17) is 5.84 Å². The number of nitrogen functional groups attached to an aromatic ring is 1. The van der Waals surface area contributed by atoms with Gasteiger partial charge in [0.05, 0.1) is 0 Å². The average Bonchev–Trinajstić information content (AvgIpc) is 2.54. The molecule has 0 aliphatic carbocycles. The van der Waals surface area contributed by atoms with E-state index in [0.29, 0.717) is 5.82 Å². The number of hydrazine groups is 1. The van der Waals surface area contributed by atoms with Crippen LogP contribution in [0, 0.1) is 6.92 Å². The molecule has 1 aromatic carbocycles. The van der Waals surface area contributed by atoms with E-state index in [9.17, 15) is 0 Å². The van der Waals surface area contributed by atoms with Gasteiger partial charge in [-0.15, -0.1) is 0 Å². The summed E-state index contributed by atoms with van der Waals surface area (Å²) < 4.78 is 0. The zero-order valence-electron chi connectivity index (χ0n) is 12.9. The molecule has 0 radical (unpaired) electrons. The molecule has 0 unspecified atom stereocenters. The maximum Gasteiger partial charge on any atom is 0.148 e. The number of nitrogens with one attached hydrogen (secondary N) is 1. The van der Waals surface area contributed by atoms with Crippen LogP contribution >= 0.6 is 0 Å². The minimum atomic E-state index is 0.698. The third-order valence-corrected chi connectivity index (χ3v) is 3.52. The summed E-state index contributed by atoms with van der Waals surface area (Å²) in [7, 11) is 0. The predicted octanol–water partition coefficient (Wildman–Crippen LogP) is 2.66. The quantitative estimate of drug-likeness (QED) is 0.631. The molecule has 0 amide bonds. The number of nitrogens with two attached hydrogens (primary N) is 1. The molecule has 0 bridgehead atoms. The van der Waals surface area contributed by atoms with Crippen LogP contribution in [0.4, 0.5) is 11.6 Å². The molecule has 0 aliphatic rings. The van der Waals surface area contributed by atoms with E-state index in [2.05, 4.69) is 51.5 Å². The topological polar surface area (TPSA) is 67.1 Å². The Labute approximate surface area is 126 Å². The molecule has 5 nitrogen and oxygen atoms in total. The second kappa shape index (κ2) is 7.04. The Kier molecular flexibility index (Phi) is 5.11. The first-order chi connectivity index (χ1) is 10.2. The Morgan fingerprint density at radius 1 is 1.14 bits per heavy atom. The summed E-state index contributed by atoms with van der Waals surface area (Å²) in [4.78, 5) is 11.3. The summed E-state index contributed by atoms with van der Waals surface area (Å²) in [6.07, 6.45) is 0.783. The maximum absolute atomic E-state index is 5.58. The number of nitrogens with zero attached hydrogens (tertiary/aromatic N) is 3. The van der Waals surface area contributed by atoms with Gasteiger partial charge in [0, 0.05) is 25.1 Å². The first kappa shape index (κ1) is 15.3. The highest BCUT2D eigenvalue weighted by Crippen LogP contribution is 2.24. The SMILES string of the molecule is CCc1nc(NN)c(C)c(N(CC)Cc2ccccc2)n1. The van der Waals surface area contributed by atoms with Crippen LogP contribution in [0.15, 0.2) is 30.3 Å². The zero-order valence-corrected chi connectivity index (χ0v) is 12.9. The normalized spacial score (nSPS) is 10.5. The summed E-state index contributed by atoms with van der Waals surface area (Å²) in [5.41, 5.74) is 4.92. The number of rotatable bonds is 6. The molecule has 2 rings (SSSR count). The fourth-order valence-electron chi connectivity index (χ4n) is 2.30. The lowest BCUT2D eigenvalue weighted by Gasteiger charge is -2.25. The van der Waals surface area contributed by atoms with Gasteiger partial charge >= 0.3 is 0 Å². The van der Waals surface area contributed by atoms with E-state index < -0.39 is 0 Å². The van der Waals surface area contributed by atoms with Gasteiger partial charge < -0.3 is 10.3 Å². The van der Waals surface area contributed by atoms with E-state index in [-0.39, 0.29) is 0 Å². The average molecular weight is 285 g/mol. The highest BCUT2D eigenvalue weighted by atomic mass is 15.3. The first-order valence-electron chi connectivity index (χ1n) is 7.32. The number of benzene rings is 1. The Hall–Kier alpha value is -2.14. The van der Waals surface area contributed by atoms with Gasteiger partial charge in [-0.1, -0.05) is 37.3 Å². The fourth-order valence-corrected chi connectivity index (χ4v) is 2.30. The smallest absolute Gasteiger partial charge is 0.148 e. The van der Waals surface area contributed by atoms with Crippen molar-refractivity contribution in [1.29, 1.82) is 0 Å². The molecule has 5 heteroatoms. The number of aromatic nitrogens is 2. The molecule has 0 spiro atoms. The molecule has 2 aromatic rings. The number of anilines is 2. The molecule has 1 heterocycles. The zero-order chi connectivity index (χ0) is 15.2. The standard InChI is InChI=1S/C16H23N5/c1-4-14-18-15(20-17)12(3)16(19-14)21(5-2)11-13-9-7-6-8-10-13/h6-10H,4-5,11,17H2,1-3H3,(H,18,19,20). The van der Waals surface area contributed by atoms with Crippen molar-refractivity contribution in [1.82, 2.24) is 9.97 Å². The summed E-state index contributed by atoms with van der Waals surface area (Å²) in [6, 6.07) is 10.4. The van der Waals surface area contributed by atoms with Gasteiger partial charge in [0.1, 0.15) is 17.5 Å². The van der Waals surface area contributed by atoms with Crippen LogP contribution in [-0.4, -0.2) is 16.5 Å². The van der Waals surface area contributed by atoms with E-state index in [0.717, 1.165) is 36.7 Å². The van der Waals surface area contributed by atoms with Crippen molar-refractivity contribution >= 4 is 11.6 Å². The molecule has 0 aliphatic heterocycles. The second-order valence-corrected chi connectivity index (χ2v) is 4.93. The largest absolute Gasteiger partial charge is 0.352 e. The minimum Gasteiger partial charge on any atom is -0.352 e. The lowest BCUT2D eigenvalue weighted by molar-refractivity contribution is 0.790. The molecule has 112 valence electrons. The Morgan fingerprint density at radius 2 is 1.86 bits per heavy atom. The fraction of sp³-hybridized carbons (Fsp3) is 0.375. The summed E-state index contributed by atoms with van der Waals surface area (Å²) in [5, 5.41) is 0. The maximum atomic E-state index is 5.58. The minimum absolute atomic E-state index is 0.698. The molecular formula is C16H23N5. The van der Waals surface area contributed by atoms with Crippen molar-refractivity contribution in [3.63, 3.8) is 0 Å². The molecule has 3 N–H and O–H groups in total. The van der Waals surface area contributed by atoms with Gasteiger partial charge in [-0.05, 0) is 19.4 Å². The lowest BCUT2D eigenvalue weighted by Crippen LogP contribution is -2.26. The van der Waals surface area contributed by atoms with Crippen LogP contribution in [-0.2, 0) is 13.0 Å². The summed E-state index contributed by atoms with van der Waals surface area (Å²) in [6.45, 7) is 7.87. The van der Waals surface area contributed by atoms with Crippen molar-refractivity contribution in [2.45, 2.75) is 33.7 Å². The van der Waals surface area contributed by atoms with Gasteiger partial charge in [0.15, 0.2) is 0 Å². The molecule has 21 heavy (non-hydrogen) atoms. The molecule has 0 saturated carbocycles. The van der Waals surface area contributed by atoms with E-state index >= 15 is 0 Å². The third-order valence-electron chi connectivity index (χ3n) is 3.52. The van der Waals surface area contributed by atoms with Crippen LogP contribution in [0.2, 0.25) is 0 Å². The van der Waals surface area contributed by atoms with Crippen LogP contribution in [0.1, 0.15) is 30.8 Å². The van der Waals surface area contributed by atoms with Crippen LogP contribution < -0.4 is 16.2 Å². The van der Waals surface area contributed by atoms with E-state index in [1.54, 1.807) is 0 Å². The highest BCUT2D eigenvalue weighted by molar-refractivity contribution is 5.58. The molecule has 0 atom stereocenters. The molecule has 0 fully saturated rings. The van der Waals surface area contributed by atoms with Crippen molar-refractivity contribution in [3.05, 3.63) is 47.3 Å². The third kappa shape index (κ3) is 3.49. The Bertz CT molecular complexity index is 583. The van der Waals surface area contributed by atoms with Crippen LogP contribution in [0.3, 0.4) is 0 Å². The van der Waals surface area contributed by atoms with E-state index in [1.165, 1.54) is 5.56 Å². The van der Waals surface area contributed by atoms with Gasteiger partial charge in [0.25, 0.3) is 0 Å². The van der Waals surface area contributed by atoms with Crippen molar-refractivity contribution in [2.75, 3.05) is 16.9 Å². The summed E-state index contributed by atoms with van der Waals surface area (Å²) >= 11 is 0. The Balaban J connectivity index is 2.37. The van der Waals surface area contributed by atoms with Crippen molar-refractivity contribution in [2.24, 2.45) is 5.84 Å².